The van der Waals surface area contributed by atoms with Crippen molar-refractivity contribution >= 4 is 21.1 Å². The fourth-order valence-electron chi connectivity index (χ4n) is 3.97. The third kappa shape index (κ3) is 3.34. The first-order valence-corrected chi connectivity index (χ1v) is 11.1. The van der Waals surface area contributed by atoms with Crippen molar-refractivity contribution in [3.63, 3.8) is 0 Å². The maximum atomic E-state index is 13.0. The van der Waals surface area contributed by atoms with E-state index in [4.69, 9.17) is 0 Å². The van der Waals surface area contributed by atoms with E-state index in [-0.39, 0.29) is 22.8 Å². The SMILES string of the molecule is C[C@H]1[C@H](NS(=O)(=O)c2ccc3nc(-c4ccccc4)[nH]c3c2)[C@H]1c1ccccc1. The molecule has 1 saturated carbocycles. The first kappa shape index (κ1) is 18.1. The summed E-state index contributed by atoms with van der Waals surface area (Å²) in [5, 5.41) is 0. The number of fused-ring (bicyclic) bond motifs is 1. The van der Waals surface area contributed by atoms with E-state index in [9.17, 15) is 8.42 Å². The van der Waals surface area contributed by atoms with Gasteiger partial charge in [0.2, 0.25) is 10.0 Å². The van der Waals surface area contributed by atoms with Crippen LogP contribution in [0.15, 0.2) is 83.8 Å². The zero-order valence-electron chi connectivity index (χ0n) is 15.9. The second-order valence-electron chi connectivity index (χ2n) is 7.57. The van der Waals surface area contributed by atoms with Gasteiger partial charge in [0.25, 0.3) is 0 Å². The molecule has 0 amide bonds. The molecule has 1 heterocycles. The zero-order chi connectivity index (χ0) is 20.0. The molecule has 29 heavy (non-hydrogen) atoms. The minimum absolute atomic E-state index is 0.0836. The lowest BCUT2D eigenvalue weighted by Gasteiger charge is -2.07. The van der Waals surface area contributed by atoms with Gasteiger partial charge in [-0.3, -0.25) is 0 Å². The van der Waals surface area contributed by atoms with Gasteiger partial charge in [0.1, 0.15) is 5.82 Å². The summed E-state index contributed by atoms with van der Waals surface area (Å²) in [7, 11) is -3.62. The molecule has 5 nitrogen and oxygen atoms in total. The summed E-state index contributed by atoms with van der Waals surface area (Å²) in [5.74, 6) is 1.21. The largest absolute Gasteiger partial charge is 0.338 e. The first-order valence-electron chi connectivity index (χ1n) is 9.65. The van der Waals surface area contributed by atoms with Crippen LogP contribution in [0.1, 0.15) is 18.4 Å². The van der Waals surface area contributed by atoms with Crippen molar-refractivity contribution in [2.45, 2.75) is 23.8 Å². The Bertz CT molecular complexity index is 1270. The molecule has 4 aromatic rings. The number of hydrogen-bond donors (Lipinski definition) is 2. The number of hydrogen-bond acceptors (Lipinski definition) is 3. The van der Waals surface area contributed by atoms with Crippen molar-refractivity contribution in [3.05, 3.63) is 84.4 Å². The maximum absolute atomic E-state index is 13.0. The molecule has 5 rings (SSSR count). The number of sulfonamides is 1. The van der Waals surface area contributed by atoms with Gasteiger partial charge in [-0.2, -0.15) is 0 Å². The average Bonchev–Trinajstić information content (AvgIpc) is 3.17. The quantitative estimate of drug-likeness (QED) is 0.521. The molecule has 0 saturated heterocycles. The molecule has 1 fully saturated rings. The fourth-order valence-corrected chi connectivity index (χ4v) is 5.34. The average molecular weight is 404 g/mol. The maximum Gasteiger partial charge on any atom is 0.240 e. The standard InChI is InChI=1S/C23H21N3O2S/c1-15-21(16-8-4-2-5-9-16)22(15)26-29(27,28)18-12-13-19-20(14-18)25-23(24-19)17-10-6-3-7-11-17/h2-15,21-22,26H,1H3,(H,24,25)/t15-,21-,22+/m1/s1. The Morgan fingerprint density at radius 3 is 2.34 bits per heavy atom. The second-order valence-corrected chi connectivity index (χ2v) is 9.29. The van der Waals surface area contributed by atoms with Crippen LogP contribution in [0.3, 0.4) is 0 Å². The number of imidazole rings is 1. The second kappa shape index (κ2) is 6.83. The highest BCUT2D eigenvalue weighted by Crippen LogP contribution is 2.47. The van der Waals surface area contributed by atoms with Crippen molar-refractivity contribution in [2.24, 2.45) is 5.92 Å². The minimum Gasteiger partial charge on any atom is -0.338 e. The van der Waals surface area contributed by atoms with Crippen LogP contribution in [0.25, 0.3) is 22.4 Å². The number of rotatable bonds is 5. The van der Waals surface area contributed by atoms with Crippen LogP contribution in [0.4, 0.5) is 0 Å². The predicted octanol–water partition coefficient (Wildman–Crippen LogP) is 4.31. The molecule has 6 heteroatoms. The number of aromatic amines is 1. The van der Waals surface area contributed by atoms with E-state index in [1.54, 1.807) is 18.2 Å². The van der Waals surface area contributed by atoms with Crippen LogP contribution in [0.2, 0.25) is 0 Å². The van der Waals surface area contributed by atoms with Gasteiger partial charge in [-0.15, -0.1) is 0 Å². The number of nitrogens with zero attached hydrogens (tertiary/aromatic N) is 1. The fraction of sp³-hybridized carbons (Fsp3) is 0.174. The molecule has 146 valence electrons. The smallest absolute Gasteiger partial charge is 0.240 e. The van der Waals surface area contributed by atoms with Gasteiger partial charge in [0, 0.05) is 17.5 Å². The number of aromatic nitrogens is 2. The molecular weight excluding hydrogens is 382 g/mol. The molecule has 2 N–H and O–H groups in total. The minimum atomic E-state index is -3.62. The normalized spacial score (nSPS) is 21.3. The summed E-state index contributed by atoms with van der Waals surface area (Å²) in [5.41, 5.74) is 3.58. The summed E-state index contributed by atoms with van der Waals surface area (Å²) in [6, 6.07) is 24.8. The zero-order valence-corrected chi connectivity index (χ0v) is 16.7. The molecule has 0 unspecified atom stereocenters. The molecule has 0 aliphatic heterocycles. The summed E-state index contributed by atoms with van der Waals surface area (Å²) >= 11 is 0. The van der Waals surface area contributed by atoms with Crippen LogP contribution in [0.5, 0.6) is 0 Å². The van der Waals surface area contributed by atoms with Crippen LogP contribution in [-0.4, -0.2) is 24.4 Å². The monoisotopic (exact) mass is 403 g/mol. The highest BCUT2D eigenvalue weighted by molar-refractivity contribution is 7.89. The summed E-state index contributed by atoms with van der Waals surface area (Å²) in [4.78, 5) is 8.06. The summed E-state index contributed by atoms with van der Waals surface area (Å²) in [6.45, 7) is 2.08. The van der Waals surface area contributed by atoms with Crippen LogP contribution in [-0.2, 0) is 10.0 Å². The summed E-state index contributed by atoms with van der Waals surface area (Å²) in [6.07, 6.45) is 0. The van der Waals surface area contributed by atoms with E-state index < -0.39 is 10.0 Å². The van der Waals surface area contributed by atoms with E-state index in [1.807, 2.05) is 48.5 Å². The Labute approximate surface area is 169 Å². The van der Waals surface area contributed by atoms with E-state index >= 15 is 0 Å². The number of nitrogens with one attached hydrogen (secondary N) is 2. The highest BCUT2D eigenvalue weighted by atomic mass is 32.2. The number of H-pyrrole nitrogens is 1. The third-order valence-corrected chi connectivity index (χ3v) is 7.12. The molecule has 1 aliphatic rings. The van der Waals surface area contributed by atoms with Gasteiger partial charge in [-0.05, 0) is 29.7 Å². The molecule has 0 bridgehead atoms. The van der Waals surface area contributed by atoms with Crippen molar-refractivity contribution < 1.29 is 8.42 Å². The Morgan fingerprint density at radius 2 is 1.62 bits per heavy atom. The predicted molar refractivity (Wildman–Crippen MR) is 114 cm³/mol. The van der Waals surface area contributed by atoms with Gasteiger partial charge >= 0.3 is 0 Å². The van der Waals surface area contributed by atoms with E-state index in [0.29, 0.717) is 5.52 Å². The molecule has 3 atom stereocenters. The van der Waals surface area contributed by atoms with Gasteiger partial charge in [0.05, 0.1) is 15.9 Å². The highest BCUT2D eigenvalue weighted by Gasteiger charge is 2.49. The topological polar surface area (TPSA) is 74.8 Å². The Balaban J connectivity index is 1.41. The van der Waals surface area contributed by atoms with Gasteiger partial charge in [-0.25, -0.2) is 18.1 Å². The molecule has 1 aliphatic carbocycles. The van der Waals surface area contributed by atoms with Crippen molar-refractivity contribution in [1.29, 1.82) is 0 Å². The summed E-state index contributed by atoms with van der Waals surface area (Å²) < 4.78 is 28.8. The lowest BCUT2D eigenvalue weighted by atomic mass is 10.1. The number of benzene rings is 3. The Hall–Kier alpha value is -2.96. The Morgan fingerprint density at radius 1 is 0.931 bits per heavy atom. The van der Waals surface area contributed by atoms with Crippen molar-refractivity contribution in [1.82, 2.24) is 14.7 Å². The third-order valence-electron chi connectivity index (χ3n) is 5.67. The lowest BCUT2D eigenvalue weighted by Crippen LogP contribution is -2.27. The van der Waals surface area contributed by atoms with E-state index in [1.165, 1.54) is 5.56 Å². The van der Waals surface area contributed by atoms with Crippen molar-refractivity contribution in [2.75, 3.05) is 0 Å². The van der Waals surface area contributed by atoms with E-state index in [0.717, 1.165) is 16.9 Å². The van der Waals surface area contributed by atoms with Gasteiger partial charge in [0.15, 0.2) is 0 Å². The molecule has 0 spiro atoms. The Kier molecular flexibility index (Phi) is 4.26. The van der Waals surface area contributed by atoms with Crippen LogP contribution < -0.4 is 4.72 Å². The lowest BCUT2D eigenvalue weighted by molar-refractivity contribution is 0.578. The molecular formula is C23H21N3O2S. The molecule has 3 aromatic carbocycles. The van der Waals surface area contributed by atoms with Gasteiger partial charge in [-0.1, -0.05) is 67.6 Å². The van der Waals surface area contributed by atoms with Gasteiger partial charge < -0.3 is 4.98 Å². The van der Waals surface area contributed by atoms with E-state index in [2.05, 4.69) is 33.7 Å². The first-order chi connectivity index (χ1) is 14.0. The van der Waals surface area contributed by atoms with Crippen LogP contribution in [0, 0.1) is 5.92 Å². The molecule has 1 aromatic heterocycles. The van der Waals surface area contributed by atoms with Crippen LogP contribution >= 0.6 is 0 Å². The van der Waals surface area contributed by atoms with Crippen molar-refractivity contribution in [3.8, 4) is 11.4 Å². The molecule has 0 radical (unpaired) electrons.